The Morgan fingerprint density at radius 3 is 2.28 bits per heavy atom. The number of fused-ring (bicyclic) bond motifs is 7. The van der Waals surface area contributed by atoms with E-state index in [0.717, 1.165) is 44.9 Å². The second-order valence-electron chi connectivity index (χ2n) is 15.7. The summed E-state index contributed by atoms with van der Waals surface area (Å²) in [5, 5.41) is 31.1. The van der Waals surface area contributed by atoms with Gasteiger partial charge in [0.15, 0.2) is 0 Å². The minimum atomic E-state index is -0.745. The van der Waals surface area contributed by atoms with Crippen LogP contribution in [0.5, 0.6) is 0 Å². The molecule has 2 N–H and O–H groups in total. The van der Waals surface area contributed by atoms with E-state index >= 15 is 0 Å². The van der Waals surface area contributed by atoms with E-state index in [4.69, 9.17) is 0 Å². The van der Waals surface area contributed by atoms with Crippen LogP contribution >= 0.6 is 0 Å². The van der Waals surface area contributed by atoms with Crippen molar-refractivity contribution in [3.63, 3.8) is 0 Å². The lowest BCUT2D eigenvalue weighted by Gasteiger charge is -2.72. The highest BCUT2D eigenvalue weighted by Crippen LogP contribution is 2.76. The Morgan fingerprint density at radius 2 is 1.64 bits per heavy atom. The van der Waals surface area contributed by atoms with Crippen LogP contribution in [-0.4, -0.2) is 28.7 Å². The average molecular weight is 496 g/mol. The van der Waals surface area contributed by atoms with E-state index in [1.807, 2.05) is 0 Å². The standard InChI is InChI=1S/C32H49NO3/c1-27(2)10-12-32(14-15-34)13-11-31(7)25(21(32)18-27)22(35)16-24-29(5)17-20(19-33)26(36)28(3,4)23(29)8-9-30(24,31)6/h17,21,23-26,34,36H,8-16,18H2,1-7H3/t21?,23-,24+,25?,26?,29-,30+,31+,32+/m0/s1. The summed E-state index contributed by atoms with van der Waals surface area (Å²) in [4.78, 5) is 14.4. The summed E-state index contributed by atoms with van der Waals surface area (Å²) < 4.78 is 0. The molecule has 4 heteroatoms. The molecule has 4 saturated carbocycles. The van der Waals surface area contributed by atoms with E-state index in [1.165, 1.54) is 6.42 Å². The molecule has 5 aliphatic rings. The normalized spacial score (nSPS) is 51.1. The smallest absolute Gasteiger partial charge is 0.137 e. The van der Waals surface area contributed by atoms with Gasteiger partial charge in [0.1, 0.15) is 5.78 Å². The molecule has 36 heavy (non-hydrogen) atoms. The van der Waals surface area contributed by atoms with E-state index < -0.39 is 11.5 Å². The topological polar surface area (TPSA) is 81.3 Å². The number of carbonyl (C=O) groups is 1. The molecule has 0 saturated heterocycles. The first-order chi connectivity index (χ1) is 16.6. The van der Waals surface area contributed by atoms with Gasteiger partial charge in [-0.25, -0.2) is 0 Å². The fraction of sp³-hybridized carbons (Fsp3) is 0.875. The minimum absolute atomic E-state index is 0.000764. The summed E-state index contributed by atoms with van der Waals surface area (Å²) in [5.74, 6) is 1.25. The Balaban J connectivity index is 1.62. The van der Waals surface area contributed by atoms with Gasteiger partial charge in [-0.2, -0.15) is 5.26 Å². The van der Waals surface area contributed by atoms with Crippen LogP contribution in [0.1, 0.15) is 106 Å². The summed E-state index contributed by atoms with van der Waals surface area (Å²) in [6, 6.07) is 2.32. The molecule has 5 rings (SSSR count). The van der Waals surface area contributed by atoms with Crippen molar-refractivity contribution < 1.29 is 15.0 Å². The molecule has 3 unspecified atom stereocenters. The van der Waals surface area contributed by atoms with E-state index in [1.54, 1.807) is 0 Å². The molecule has 0 amide bonds. The summed E-state index contributed by atoms with van der Waals surface area (Å²) in [6.07, 6.45) is 10.4. The van der Waals surface area contributed by atoms with Gasteiger partial charge in [0.05, 0.1) is 17.7 Å². The third-order valence-electron chi connectivity index (χ3n) is 13.5. The number of rotatable bonds is 2. The molecule has 9 atom stereocenters. The lowest BCUT2D eigenvalue weighted by molar-refractivity contribution is -0.228. The molecule has 5 aliphatic carbocycles. The maximum Gasteiger partial charge on any atom is 0.137 e. The van der Waals surface area contributed by atoms with Gasteiger partial charge in [0.25, 0.3) is 0 Å². The third kappa shape index (κ3) is 3.21. The number of aliphatic hydroxyl groups is 2. The van der Waals surface area contributed by atoms with Gasteiger partial charge < -0.3 is 10.2 Å². The van der Waals surface area contributed by atoms with E-state index in [-0.39, 0.29) is 51.4 Å². The second kappa shape index (κ2) is 7.92. The largest absolute Gasteiger partial charge is 0.396 e. The van der Waals surface area contributed by atoms with Gasteiger partial charge >= 0.3 is 0 Å². The van der Waals surface area contributed by atoms with Crippen molar-refractivity contribution in [1.82, 2.24) is 0 Å². The highest BCUT2D eigenvalue weighted by molar-refractivity contribution is 5.84. The molecule has 0 aromatic rings. The summed E-state index contributed by atoms with van der Waals surface area (Å²) >= 11 is 0. The van der Waals surface area contributed by atoms with Crippen LogP contribution in [0.3, 0.4) is 0 Å². The van der Waals surface area contributed by atoms with Crippen molar-refractivity contribution in [2.75, 3.05) is 6.61 Å². The Bertz CT molecular complexity index is 1020. The Morgan fingerprint density at radius 1 is 0.972 bits per heavy atom. The number of allylic oxidation sites excluding steroid dienone is 1. The van der Waals surface area contributed by atoms with E-state index in [0.29, 0.717) is 23.7 Å². The van der Waals surface area contributed by atoms with E-state index in [9.17, 15) is 20.3 Å². The first kappa shape index (κ1) is 26.4. The number of aliphatic hydroxyl groups excluding tert-OH is 2. The highest BCUT2D eigenvalue weighted by atomic mass is 16.3. The van der Waals surface area contributed by atoms with Crippen LogP contribution in [0.2, 0.25) is 0 Å². The molecule has 4 fully saturated rings. The Labute approximate surface area is 218 Å². The van der Waals surface area contributed by atoms with Crippen molar-refractivity contribution in [3.05, 3.63) is 11.6 Å². The molecule has 0 aliphatic heterocycles. The number of hydrogen-bond acceptors (Lipinski definition) is 4. The monoisotopic (exact) mass is 495 g/mol. The van der Waals surface area contributed by atoms with Crippen LogP contribution in [0.25, 0.3) is 0 Å². The molecule has 0 heterocycles. The lowest BCUT2D eigenvalue weighted by Crippen LogP contribution is -2.68. The SMILES string of the molecule is CC1(C)CC[C@]2(CCO)CC[C@]3(C)C(C(=O)C[C@@H]4[C@@]5(C)C=C(C#N)C(O)C(C)(C)[C@@H]5CC[C@]43C)C2C1. The van der Waals surface area contributed by atoms with Gasteiger partial charge in [0.2, 0.25) is 0 Å². The number of hydrogen-bond donors (Lipinski definition) is 2. The van der Waals surface area contributed by atoms with Crippen LogP contribution in [-0.2, 0) is 4.79 Å². The van der Waals surface area contributed by atoms with Gasteiger partial charge in [-0.3, -0.25) is 4.79 Å². The molecule has 0 bridgehead atoms. The number of Topliss-reactive ketones (excluding diaryl/α,β-unsaturated/α-hetero) is 1. The number of ketones is 1. The fourth-order valence-electron chi connectivity index (χ4n) is 11.2. The number of carbonyl (C=O) groups excluding carboxylic acids is 1. The molecule has 200 valence electrons. The maximum atomic E-state index is 14.4. The maximum absolute atomic E-state index is 14.4. The van der Waals surface area contributed by atoms with E-state index in [2.05, 4.69) is 60.6 Å². The molecule has 0 spiro atoms. The van der Waals surface area contributed by atoms with Crippen molar-refractivity contribution in [2.24, 2.45) is 56.2 Å². The van der Waals surface area contributed by atoms with Crippen molar-refractivity contribution in [1.29, 1.82) is 5.26 Å². The molecule has 4 nitrogen and oxygen atoms in total. The van der Waals surface area contributed by atoms with Crippen molar-refractivity contribution >= 4 is 5.78 Å². The number of nitrogens with zero attached hydrogens (tertiary/aromatic N) is 1. The lowest BCUT2D eigenvalue weighted by atomic mass is 9.31. The van der Waals surface area contributed by atoms with Gasteiger partial charge in [-0.05, 0) is 102 Å². The highest BCUT2D eigenvalue weighted by Gasteiger charge is 2.71. The average Bonchev–Trinajstić information content (AvgIpc) is 2.79. The van der Waals surface area contributed by atoms with Crippen molar-refractivity contribution in [3.8, 4) is 6.07 Å². The first-order valence-corrected chi connectivity index (χ1v) is 14.6. The number of nitriles is 1. The first-order valence-electron chi connectivity index (χ1n) is 14.6. The van der Waals surface area contributed by atoms with Gasteiger partial charge in [0, 0.05) is 18.9 Å². The Kier molecular flexibility index (Phi) is 5.81. The second-order valence-corrected chi connectivity index (χ2v) is 15.7. The zero-order valence-electron chi connectivity index (χ0n) is 23.8. The summed E-state index contributed by atoms with van der Waals surface area (Å²) in [6.45, 7) is 16.4. The fourth-order valence-corrected chi connectivity index (χ4v) is 11.2. The zero-order valence-corrected chi connectivity index (χ0v) is 23.8. The van der Waals surface area contributed by atoms with Gasteiger partial charge in [-0.1, -0.05) is 54.5 Å². The summed E-state index contributed by atoms with van der Waals surface area (Å²) in [5.41, 5.74) is 0.0554. The molecule has 0 aromatic heterocycles. The molecule has 0 radical (unpaired) electrons. The quantitative estimate of drug-likeness (QED) is 0.461. The van der Waals surface area contributed by atoms with Gasteiger partial charge in [-0.15, -0.1) is 0 Å². The molecular weight excluding hydrogens is 446 g/mol. The van der Waals surface area contributed by atoms with Crippen LogP contribution in [0.15, 0.2) is 11.6 Å². The van der Waals surface area contributed by atoms with Crippen molar-refractivity contribution in [2.45, 2.75) is 112 Å². The third-order valence-corrected chi connectivity index (χ3v) is 13.5. The predicted octanol–water partition coefficient (Wildman–Crippen LogP) is 6.46. The predicted molar refractivity (Wildman–Crippen MR) is 142 cm³/mol. The molecular formula is C32H49NO3. The Hall–Kier alpha value is -1.18. The zero-order chi connectivity index (χ0) is 26.5. The minimum Gasteiger partial charge on any atom is -0.396 e. The van der Waals surface area contributed by atoms with Crippen LogP contribution in [0.4, 0.5) is 0 Å². The van der Waals surface area contributed by atoms with Crippen LogP contribution < -0.4 is 0 Å². The molecule has 0 aromatic carbocycles. The summed E-state index contributed by atoms with van der Waals surface area (Å²) in [7, 11) is 0. The van der Waals surface area contributed by atoms with Crippen LogP contribution in [0, 0.1) is 67.5 Å².